The van der Waals surface area contributed by atoms with Crippen LogP contribution >= 0.6 is 0 Å². The van der Waals surface area contributed by atoms with Crippen LogP contribution in [-0.2, 0) is 29.2 Å². The van der Waals surface area contributed by atoms with Gasteiger partial charge in [0.15, 0.2) is 0 Å². The molecule has 7 heteroatoms. The van der Waals surface area contributed by atoms with Gasteiger partial charge in [0.2, 0.25) is 11.8 Å². The summed E-state index contributed by atoms with van der Waals surface area (Å²) in [7, 11) is 0. The molecule has 0 bridgehead atoms. The first-order chi connectivity index (χ1) is 18.7. The third-order valence-electron chi connectivity index (χ3n) is 7.16. The van der Waals surface area contributed by atoms with Crippen LogP contribution in [0.3, 0.4) is 0 Å². The summed E-state index contributed by atoms with van der Waals surface area (Å²) >= 11 is 0. The number of hydrogen-bond donors (Lipinski definition) is 4. The molecular weight excluding hydrogens is 490 g/mol. The lowest BCUT2D eigenvalue weighted by Gasteiger charge is -2.29. The van der Waals surface area contributed by atoms with Gasteiger partial charge in [0.25, 0.3) is 0 Å². The van der Waals surface area contributed by atoms with Crippen LogP contribution in [0.1, 0.15) is 50.3 Å². The van der Waals surface area contributed by atoms with Gasteiger partial charge in [-0.2, -0.15) is 0 Å². The molecule has 2 amide bonds. The monoisotopic (exact) mass is 529 g/mol. The summed E-state index contributed by atoms with van der Waals surface area (Å²) in [6, 6.07) is 23.1. The number of benzene rings is 3. The van der Waals surface area contributed by atoms with Gasteiger partial charge in [-0.1, -0.05) is 66.7 Å². The Morgan fingerprint density at radius 1 is 1.05 bits per heavy atom. The van der Waals surface area contributed by atoms with E-state index in [4.69, 9.17) is 0 Å². The lowest BCUT2D eigenvalue weighted by Crippen LogP contribution is -2.51. The number of carbonyl (C=O) groups excluding carboxylic acids is 2. The maximum atomic E-state index is 13.8. The van der Waals surface area contributed by atoms with Crippen LogP contribution in [0.5, 0.6) is 0 Å². The molecule has 3 aromatic rings. The van der Waals surface area contributed by atoms with Gasteiger partial charge in [-0.05, 0) is 67.5 Å². The topological polar surface area (TPSA) is 102 Å². The summed E-state index contributed by atoms with van der Waals surface area (Å²) in [5.74, 6) is -0.327. The molecule has 3 aromatic carbocycles. The van der Waals surface area contributed by atoms with Crippen LogP contribution in [0.2, 0.25) is 0 Å². The molecule has 0 aliphatic carbocycles. The summed E-state index contributed by atoms with van der Waals surface area (Å²) < 4.78 is 0. The normalized spacial score (nSPS) is 16.4. The summed E-state index contributed by atoms with van der Waals surface area (Å²) in [4.78, 5) is 28.6. The largest absolute Gasteiger partial charge is 0.392 e. The van der Waals surface area contributed by atoms with Crippen molar-refractivity contribution in [1.29, 1.82) is 0 Å². The second-order valence-corrected chi connectivity index (χ2v) is 11.0. The van der Waals surface area contributed by atoms with E-state index in [1.165, 1.54) is 0 Å². The number of carbonyl (C=O) groups is 2. The molecule has 206 valence electrons. The molecule has 1 aliphatic rings. The molecule has 4 N–H and O–H groups in total. The minimum Gasteiger partial charge on any atom is -0.392 e. The van der Waals surface area contributed by atoms with E-state index in [9.17, 15) is 19.8 Å². The van der Waals surface area contributed by atoms with Gasteiger partial charge < -0.3 is 25.7 Å². The summed E-state index contributed by atoms with van der Waals surface area (Å²) in [5, 5.41) is 25.5. The Morgan fingerprint density at radius 3 is 2.46 bits per heavy atom. The number of hydrogen-bond acceptors (Lipinski definition) is 5. The number of amides is 2. The van der Waals surface area contributed by atoms with E-state index in [1.54, 1.807) is 11.8 Å². The Bertz CT molecular complexity index is 1290. The molecule has 0 saturated heterocycles. The molecular formula is C32H39N3O4. The van der Waals surface area contributed by atoms with Crippen molar-refractivity contribution in [2.24, 2.45) is 0 Å². The minimum atomic E-state index is -0.631. The lowest BCUT2D eigenvalue weighted by atomic mass is 9.99. The van der Waals surface area contributed by atoms with Crippen molar-refractivity contribution < 1.29 is 19.8 Å². The van der Waals surface area contributed by atoms with E-state index < -0.39 is 17.7 Å². The van der Waals surface area contributed by atoms with Gasteiger partial charge in [-0.25, -0.2) is 0 Å². The molecule has 0 saturated carbocycles. The van der Waals surface area contributed by atoms with Gasteiger partial charge in [0, 0.05) is 24.2 Å². The molecule has 1 heterocycles. The first kappa shape index (κ1) is 28.5. The predicted octanol–water partition coefficient (Wildman–Crippen LogP) is 3.95. The maximum absolute atomic E-state index is 13.8. The Balaban J connectivity index is 1.52. The summed E-state index contributed by atoms with van der Waals surface area (Å²) in [6.45, 7) is 6.25. The number of aryl methyl sites for hydroxylation is 1. The van der Waals surface area contributed by atoms with E-state index in [1.807, 2.05) is 86.6 Å². The fourth-order valence-corrected chi connectivity index (χ4v) is 5.06. The van der Waals surface area contributed by atoms with E-state index in [-0.39, 0.29) is 24.8 Å². The second-order valence-electron chi connectivity index (χ2n) is 11.0. The van der Waals surface area contributed by atoms with Gasteiger partial charge in [0.1, 0.15) is 6.04 Å². The maximum Gasteiger partial charge on any atom is 0.249 e. The van der Waals surface area contributed by atoms with E-state index in [0.717, 1.165) is 33.5 Å². The summed E-state index contributed by atoms with van der Waals surface area (Å²) in [6.07, 6.45) is 0.884. The standard InChI is InChI=1S/C32H39N3O4/c1-22(37)19-33-32(2,3)18-30(38)34-28-17-16-25-8-5-7-11-29(25)35(31(28)39)20-23-12-14-24(15-13-23)27-10-6-4-9-26(27)21-36/h4-15,22,28,33,36-37H,16-21H2,1-3H3,(H,34,38)/t22-,28-/m1/s1. The number of aliphatic hydroxyl groups excluding tert-OH is 2. The first-order valence-corrected chi connectivity index (χ1v) is 13.6. The molecule has 39 heavy (non-hydrogen) atoms. The highest BCUT2D eigenvalue weighted by molar-refractivity contribution is 6.00. The number of nitrogens with one attached hydrogen (secondary N) is 2. The molecule has 0 fully saturated rings. The quantitative estimate of drug-likeness (QED) is 0.319. The van der Waals surface area contributed by atoms with Crippen molar-refractivity contribution in [2.75, 3.05) is 11.4 Å². The number of rotatable bonds is 10. The Labute approximate surface area is 230 Å². The van der Waals surface area contributed by atoms with Crippen molar-refractivity contribution in [3.8, 4) is 11.1 Å². The summed E-state index contributed by atoms with van der Waals surface area (Å²) in [5.41, 5.74) is 5.25. The van der Waals surface area contributed by atoms with Gasteiger partial charge >= 0.3 is 0 Å². The van der Waals surface area contributed by atoms with Crippen LogP contribution in [0, 0.1) is 0 Å². The Kier molecular flexibility index (Phi) is 9.17. The van der Waals surface area contributed by atoms with Crippen LogP contribution in [0.25, 0.3) is 11.1 Å². The van der Waals surface area contributed by atoms with Crippen LogP contribution in [-0.4, -0.2) is 46.3 Å². The zero-order valence-corrected chi connectivity index (χ0v) is 23.0. The van der Waals surface area contributed by atoms with E-state index in [0.29, 0.717) is 25.9 Å². The number of nitrogens with zero attached hydrogens (tertiary/aromatic N) is 1. The Hall–Kier alpha value is -3.52. The van der Waals surface area contributed by atoms with Crippen molar-refractivity contribution >= 4 is 17.5 Å². The molecule has 0 unspecified atom stereocenters. The van der Waals surface area contributed by atoms with Gasteiger partial charge in [0.05, 0.1) is 19.3 Å². The average Bonchev–Trinajstić information content (AvgIpc) is 3.04. The SMILES string of the molecule is C[C@@H](O)CNC(C)(C)CC(=O)N[C@@H]1CCc2ccccc2N(Cc2ccc(-c3ccccc3CO)cc2)C1=O. The zero-order chi connectivity index (χ0) is 28.0. The highest BCUT2D eigenvalue weighted by Gasteiger charge is 2.32. The number of β-amino-alcohol motifs (C(OH)–C–C–N with tert-alkyl or cyclic N) is 1. The number of para-hydroxylation sites is 1. The third-order valence-corrected chi connectivity index (χ3v) is 7.16. The molecule has 7 nitrogen and oxygen atoms in total. The lowest BCUT2D eigenvalue weighted by molar-refractivity contribution is -0.128. The van der Waals surface area contributed by atoms with Gasteiger partial charge in [-0.3, -0.25) is 9.59 Å². The first-order valence-electron chi connectivity index (χ1n) is 13.6. The zero-order valence-electron chi connectivity index (χ0n) is 23.0. The fraction of sp³-hybridized carbons (Fsp3) is 0.375. The molecule has 2 atom stereocenters. The van der Waals surface area contributed by atoms with Crippen LogP contribution in [0.4, 0.5) is 5.69 Å². The number of anilines is 1. The highest BCUT2D eigenvalue weighted by Crippen LogP contribution is 2.30. The fourth-order valence-electron chi connectivity index (χ4n) is 5.06. The third kappa shape index (κ3) is 7.32. The average molecular weight is 530 g/mol. The molecule has 0 radical (unpaired) electrons. The second kappa shape index (κ2) is 12.6. The molecule has 0 spiro atoms. The molecule has 1 aliphatic heterocycles. The van der Waals surface area contributed by atoms with Crippen molar-refractivity contribution in [1.82, 2.24) is 10.6 Å². The van der Waals surface area contributed by atoms with Gasteiger partial charge in [-0.15, -0.1) is 0 Å². The smallest absolute Gasteiger partial charge is 0.249 e. The van der Waals surface area contributed by atoms with Crippen LogP contribution in [0.15, 0.2) is 72.8 Å². The van der Waals surface area contributed by atoms with Crippen LogP contribution < -0.4 is 15.5 Å². The van der Waals surface area contributed by atoms with Crippen molar-refractivity contribution in [3.63, 3.8) is 0 Å². The van der Waals surface area contributed by atoms with Crippen molar-refractivity contribution in [2.45, 2.75) is 70.9 Å². The minimum absolute atomic E-state index is 0.0299. The predicted molar refractivity (Wildman–Crippen MR) is 154 cm³/mol. The van der Waals surface area contributed by atoms with E-state index in [2.05, 4.69) is 10.6 Å². The molecule has 4 rings (SSSR count). The number of aliphatic hydroxyl groups is 2. The highest BCUT2D eigenvalue weighted by atomic mass is 16.3. The Morgan fingerprint density at radius 2 is 1.74 bits per heavy atom. The molecule has 0 aromatic heterocycles. The number of fused-ring (bicyclic) bond motifs is 1. The van der Waals surface area contributed by atoms with E-state index >= 15 is 0 Å². The van der Waals surface area contributed by atoms with Crippen molar-refractivity contribution in [3.05, 3.63) is 89.5 Å².